The number of aromatic hydroxyl groups is 1. The van der Waals surface area contributed by atoms with Crippen LogP contribution < -0.4 is 5.32 Å². The first-order valence-electron chi connectivity index (χ1n) is 7.75. The van der Waals surface area contributed by atoms with Crippen LogP contribution in [0.15, 0.2) is 54.9 Å². The molecule has 0 aliphatic heterocycles. The molecule has 0 spiro atoms. The van der Waals surface area contributed by atoms with Gasteiger partial charge >= 0.3 is 0 Å². The van der Waals surface area contributed by atoms with Crippen molar-refractivity contribution in [3.05, 3.63) is 66.1 Å². The highest BCUT2D eigenvalue weighted by atomic mass is 16.3. The van der Waals surface area contributed by atoms with Crippen molar-refractivity contribution in [3.8, 4) is 5.75 Å². The van der Waals surface area contributed by atoms with Crippen LogP contribution in [0.3, 0.4) is 0 Å². The number of carbonyl (C=O) groups is 1. The van der Waals surface area contributed by atoms with Gasteiger partial charge in [0.15, 0.2) is 0 Å². The summed E-state index contributed by atoms with van der Waals surface area (Å²) in [4.78, 5) is 16.6. The number of rotatable bonds is 6. The van der Waals surface area contributed by atoms with Gasteiger partial charge in [0, 0.05) is 12.4 Å². The summed E-state index contributed by atoms with van der Waals surface area (Å²) in [7, 11) is 0. The first-order chi connectivity index (χ1) is 11.6. The number of aliphatic hydroxyl groups is 1. The molecule has 0 bridgehead atoms. The first kappa shape index (κ1) is 16.0. The molecule has 0 radical (unpaired) electrons. The van der Waals surface area contributed by atoms with Crippen LogP contribution in [-0.2, 0) is 17.6 Å². The molecular formula is C18H19N3O3. The highest BCUT2D eigenvalue weighted by Gasteiger charge is 2.14. The maximum atomic E-state index is 12.2. The molecule has 1 aromatic carbocycles. The SMILES string of the molecule is O=C(Cc1cn2ccccc2n1)N[C@H](CO)Cc1ccc(O)cc1. The van der Waals surface area contributed by atoms with Crippen LogP contribution in [0.2, 0.25) is 0 Å². The number of aliphatic hydroxyl groups excluding tert-OH is 1. The number of aromatic nitrogens is 2. The average Bonchev–Trinajstić information content (AvgIpc) is 2.98. The summed E-state index contributed by atoms with van der Waals surface area (Å²) in [6.07, 6.45) is 4.36. The molecule has 2 heterocycles. The van der Waals surface area contributed by atoms with Gasteiger partial charge in [-0.15, -0.1) is 0 Å². The average molecular weight is 325 g/mol. The third-order valence-corrected chi connectivity index (χ3v) is 3.76. The molecule has 3 rings (SSSR count). The molecule has 6 nitrogen and oxygen atoms in total. The van der Waals surface area contributed by atoms with E-state index in [1.807, 2.05) is 35.0 Å². The quantitative estimate of drug-likeness (QED) is 0.637. The monoisotopic (exact) mass is 325 g/mol. The molecule has 0 saturated carbocycles. The van der Waals surface area contributed by atoms with Gasteiger partial charge in [0.25, 0.3) is 0 Å². The van der Waals surface area contributed by atoms with Crippen LogP contribution in [0.5, 0.6) is 5.75 Å². The van der Waals surface area contributed by atoms with E-state index in [9.17, 15) is 15.0 Å². The standard InChI is InChI=1S/C18H19N3O3/c22-12-15(9-13-4-6-16(23)7-5-13)20-18(24)10-14-11-21-8-2-1-3-17(21)19-14/h1-8,11,15,22-23H,9-10,12H2,(H,20,24)/t15-/m0/s1. The van der Waals surface area contributed by atoms with Crippen LogP contribution in [0.4, 0.5) is 0 Å². The molecule has 0 aliphatic rings. The van der Waals surface area contributed by atoms with Crippen molar-refractivity contribution in [2.75, 3.05) is 6.61 Å². The number of nitrogens with one attached hydrogen (secondary N) is 1. The van der Waals surface area contributed by atoms with Crippen molar-refractivity contribution in [1.29, 1.82) is 0 Å². The maximum Gasteiger partial charge on any atom is 0.226 e. The molecule has 124 valence electrons. The molecule has 0 fully saturated rings. The Morgan fingerprint density at radius 1 is 1.21 bits per heavy atom. The van der Waals surface area contributed by atoms with Crippen LogP contribution in [0.1, 0.15) is 11.3 Å². The van der Waals surface area contributed by atoms with E-state index in [-0.39, 0.29) is 30.7 Å². The topological polar surface area (TPSA) is 86.9 Å². The summed E-state index contributed by atoms with van der Waals surface area (Å²) in [6.45, 7) is -0.155. The minimum atomic E-state index is -0.376. The highest BCUT2D eigenvalue weighted by Crippen LogP contribution is 2.11. The third kappa shape index (κ3) is 3.91. The van der Waals surface area contributed by atoms with Crippen molar-refractivity contribution in [2.45, 2.75) is 18.9 Å². The van der Waals surface area contributed by atoms with E-state index in [2.05, 4.69) is 10.3 Å². The van der Waals surface area contributed by atoms with Crippen LogP contribution >= 0.6 is 0 Å². The number of phenolic OH excluding ortho intramolecular Hbond substituents is 1. The Kier molecular flexibility index (Phi) is 4.77. The lowest BCUT2D eigenvalue weighted by Crippen LogP contribution is -2.39. The fourth-order valence-electron chi connectivity index (χ4n) is 2.59. The smallest absolute Gasteiger partial charge is 0.226 e. The molecule has 1 atom stereocenters. The summed E-state index contributed by atoms with van der Waals surface area (Å²) < 4.78 is 1.86. The van der Waals surface area contributed by atoms with E-state index in [1.165, 1.54) is 0 Å². The van der Waals surface area contributed by atoms with Gasteiger partial charge in [-0.25, -0.2) is 4.98 Å². The zero-order valence-electron chi connectivity index (χ0n) is 13.1. The number of imidazole rings is 1. The van der Waals surface area contributed by atoms with E-state index in [0.717, 1.165) is 11.2 Å². The lowest BCUT2D eigenvalue weighted by molar-refractivity contribution is -0.121. The Morgan fingerprint density at radius 3 is 2.71 bits per heavy atom. The van der Waals surface area contributed by atoms with Gasteiger partial charge in [0.1, 0.15) is 11.4 Å². The molecule has 2 aromatic heterocycles. The van der Waals surface area contributed by atoms with Gasteiger partial charge in [-0.3, -0.25) is 4.79 Å². The molecule has 3 aromatic rings. The van der Waals surface area contributed by atoms with E-state index in [1.54, 1.807) is 24.3 Å². The lowest BCUT2D eigenvalue weighted by Gasteiger charge is -2.16. The van der Waals surface area contributed by atoms with Crippen molar-refractivity contribution in [1.82, 2.24) is 14.7 Å². The van der Waals surface area contributed by atoms with Gasteiger partial charge in [-0.05, 0) is 36.2 Å². The zero-order valence-corrected chi connectivity index (χ0v) is 13.1. The summed E-state index contributed by atoms with van der Waals surface area (Å²) in [6, 6.07) is 12.0. The fourth-order valence-corrected chi connectivity index (χ4v) is 2.59. The second kappa shape index (κ2) is 7.14. The summed E-state index contributed by atoms with van der Waals surface area (Å²) in [5.74, 6) is 0.00594. The Balaban J connectivity index is 1.60. The van der Waals surface area contributed by atoms with Gasteiger partial charge in [0.05, 0.1) is 24.8 Å². The lowest BCUT2D eigenvalue weighted by atomic mass is 10.1. The summed E-state index contributed by atoms with van der Waals surface area (Å²) >= 11 is 0. The molecule has 24 heavy (non-hydrogen) atoms. The summed E-state index contributed by atoms with van der Waals surface area (Å²) in [5.41, 5.74) is 2.41. The Hall–Kier alpha value is -2.86. The molecule has 0 saturated heterocycles. The predicted molar refractivity (Wildman–Crippen MR) is 89.7 cm³/mol. The van der Waals surface area contributed by atoms with Gasteiger partial charge in [-0.2, -0.15) is 0 Å². The first-order valence-corrected chi connectivity index (χ1v) is 7.75. The number of amides is 1. The second-order valence-electron chi connectivity index (χ2n) is 5.69. The minimum Gasteiger partial charge on any atom is -0.508 e. The van der Waals surface area contributed by atoms with Crippen molar-refractivity contribution < 1.29 is 15.0 Å². The van der Waals surface area contributed by atoms with Crippen molar-refractivity contribution in [2.24, 2.45) is 0 Å². The Labute approximate surface area is 139 Å². The number of pyridine rings is 1. The maximum absolute atomic E-state index is 12.2. The number of hydrogen-bond acceptors (Lipinski definition) is 4. The normalized spacial score (nSPS) is 12.2. The van der Waals surface area contributed by atoms with E-state index in [4.69, 9.17) is 0 Å². The van der Waals surface area contributed by atoms with Crippen LogP contribution in [0, 0.1) is 0 Å². The van der Waals surface area contributed by atoms with E-state index in [0.29, 0.717) is 12.1 Å². The van der Waals surface area contributed by atoms with Crippen LogP contribution in [0.25, 0.3) is 5.65 Å². The number of benzene rings is 1. The van der Waals surface area contributed by atoms with Crippen molar-refractivity contribution >= 4 is 11.6 Å². The highest BCUT2D eigenvalue weighted by molar-refractivity contribution is 5.78. The second-order valence-corrected chi connectivity index (χ2v) is 5.69. The summed E-state index contributed by atoms with van der Waals surface area (Å²) in [5, 5.41) is 21.6. The van der Waals surface area contributed by atoms with E-state index < -0.39 is 0 Å². The van der Waals surface area contributed by atoms with Crippen molar-refractivity contribution in [3.63, 3.8) is 0 Å². The van der Waals surface area contributed by atoms with Gasteiger partial charge in [-0.1, -0.05) is 18.2 Å². The Bertz CT molecular complexity index is 794. The third-order valence-electron chi connectivity index (χ3n) is 3.76. The fraction of sp³-hybridized carbons (Fsp3) is 0.222. The van der Waals surface area contributed by atoms with Gasteiger partial charge in [0.2, 0.25) is 5.91 Å². The number of nitrogens with zero attached hydrogens (tertiary/aromatic N) is 2. The number of hydrogen-bond donors (Lipinski definition) is 3. The molecule has 0 aliphatic carbocycles. The molecule has 6 heteroatoms. The van der Waals surface area contributed by atoms with Crippen LogP contribution in [-0.4, -0.2) is 38.2 Å². The number of fused-ring (bicyclic) bond motifs is 1. The van der Waals surface area contributed by atoms with E-state index >= 15 is 0 Å². The van der Waals surface area contributed by atoms with Gasteiger partial charge < -0.3 is 19.9 Å². The predicted octanol–water partition coefficient (Wildman–Crippen LogP) is 1.30. The molecule has 0 unspecified atom stereocenters. The molecule has 3 N–H and O–H groups in total. The zero-order chi connectivity index (χ0) is 16.9. The molecular weight excluding hydrogens is 306 g/mol. The Morgan fingerprint density at radius 2 is 2.00 bits per heavy atom. The minimum absolute atomic E-state index is 0.155. The largest absolute Gasteiger partial charge is 0.508 e. The molecule has 1 amide bonds. The number of carbonyl (C=O) groups excluding carboxylic acids is 1. The number of phenols is 1.